The normalized spacial score (nSPS) is 18.7. The van der Waals surface area contributed by atoms with Crippen LogP contribution in [0.25, 0.3) is 0 Å². The molecule has 0 spiro atoms. The van der Waals surface area contributed by atoms with E-state index in [4.69, 9.17) is 4.74 Å². The van der Waals surface area contributed by atoms with Crippen LogP contribution in [0.3, 0.4) is 0 Å². The topological polar surface area (TPSA) is 41.6 Å². The highest BCUT2D eigenvalue weighted by Gasteiger charge is 2.17. The van der Waals surface area contributed by atoms with Crippen LogP contribution < -0.4 is 10.1 Å². The number of nitrogens with one attached hydrogen (secondary N) is 1. The number of benzene rings is 1. The largest absolute Gasteiger partial charge is 0.496 e. The number of carbonyl (C=O) groups is 1. The van der Waals surface area contributed by atoms with Crippen LogP contribution in [-0.2, 0) is 0 Å². The molecule has 1 fully saturated rings. The summed E-state index contributed by atoms with van der Waals surface area (Å²) in [7, 11) is 1.61. The van der Waals surface area contributed by atoms with Crippen molar-refractivity contribution in [3.05, 3.63) is 23.8 Å². The first kappa shape index (κ1) is 18.1. The first-order valence-corrected chi connectivity index (χ1v) is 9.62. The maximum atomic E-state index is 12.3. The Morgan fingerprint density at radius 1 is 1.43 bits per heavy atom. The number of hydrogen-bond donors (Lipinski definition) is 1. The summed E-state index contributed by atoms with van der Waals surface area (Å²) in [5.74, 6) is 0.584. The number of thioether (sulfide) groups is 1. The summed E-state index contributed by atoms with van der Waals surface area (Å²) in [5, 5.41) is 3.01. The van der Waals surface area contributed by atoms with Crippen LogP contribution in [-0.4, -0.2) is 49.8 Å². The van der Waals surface area contributed by atoms with Crippen LogP contribution in [0.5, 0.6) is 5.75 Å². The molecule has 1 aromatic carbocycles. The first-order valence-electron chi connectivity index (χ1n) is 8.40. The predicted octanol–water partition coefficient (Wildman–Crippen LogP) is 3.41. The Morgan fingerprint density at radius 3 is 2.96 bits per heavy atom. The van der Waals surface area contributed by atoms with Gasteiger partial charge in [-0.05, 0) is 57.2 Å². The second-order valence-corrected chi connectivity index (χ2v) is 6.94. The molecule has 0 aliphatic carbocycles. The lowest BCUT2D eigenvalue weighted by atomic mass is 10.0. The van der Waals surface area contributed by atoms with E-state index in [-0.39, 0.29) is 5.91 Å². The number of likely N-dealkylation sites (tertiary alicyclic amines) is 1. The lowest BCUT2D eigenvalue weighted by Gasteiger charge is -2.33. The van der Waals surface area contributed by atoms with E-state index in [9.17, 15) is 4.79 Å². The standard InChI is InChI=1S/C18H28N2O2S/c1-14-7-4-5-11-20(14)12-6-10-19-18(21)16-9-8-15(23-3)13-17(16)22-2/h8-9,13-14H,4-7,10-12H2,1-3H3,(H,19,21)/t14-/m1/s1. The molecule has 0 unspecified atom stereocenters. The zero-order valence-corrected chi connectivity index (χ0v) is 15.2. The molecular formula is C18H28N2O2S. The highest BCUT2D eigenvalue weighted by molar-refractivity contribution is 7.98. The monoisotopic (exact) mass is 336 g/mol. The molecule has 0 saturated carbocycles. The fourth-order valence-corrected chi connectivity index (χ4v) is 3.48. The second kappa shape index (κ2) is 9.18. The number of ether oxygens (including phenoxy) is 1. The van der Waals surface area contributed by atoms with Crippen molar-refractivity contribution in [2.75, 3.05) is 33.0 Å². The summed E-state index contributed by atoms with van der Waals surface area (Å²) >= 11 is 1.64. The summed E-state index contributed by atoms with van der Waals surface area (Å²) in [5.41, 5.74) is 0.608. The lowest BCUT2D eigenvalue weighted by Crippen LogP contribution is -2.39. The van der Waals surface area contributed by atoms with Crippen LogP contribution in [0.2, 0.25) is 0 Å². The quantitative estimate of drug-likeness (QED) is 0.612. The average Bonchev–Trinajstić information content (AvgIpc) is 2.59. The molecule has 1 aromatic rings. The van der Waals surface area contributed by atoms with E-state index in [1.165, 1.54) is 25.8 Å². The van der Waals surface area contributed by atoms with Gasteiger partial charge < -0.3 is 15.0 Å². The highest BCUT2D eigenvalue weighted by atomic mass is 32.2. The van der Waals surface area contributed by atoms with E-state index in [1.54, 1.807) is 18.9 Å². The Morgan fingerprint density at radius 2 is 2.26 bits per heavy atom. The molecule has 1 heterocycles. The van der Waals surface area contributed by atoms with Crippen LogP contribution in [0.15, 0.2) is 23.1 Å². The van der Waals surface area contributed by atoms with Crippen molar-refractivity contribution in [1.82, 2.24) is 10.2 Å². The maximum Gasteiger partial charge on any atom is 0.255 e. The molecular weight excluding hydrogens is 308 g/mol. The second-order valence-electron chi connectivity index (χ2n) is 6.06. The third kappa shape index (κ3) is 5.15. The number of nitrogens with zero attached hydrogens (tertiary/aromatic N) is 1. The fraction of sp³-hybridized carbons (Fsp3) is 0.611. The minimum Gasteiger partial charge on any atom is -0.496 e. The van der Waals surface area contributed by atoms with Gasteiger partial charge in [-0.2, -0.15) is 0 Å². The van der Waals surface area contributed by atoms with Crippen LogP contribution in [0.4, 0.5) is 0 Å². The molecule has 1 atom stereocenters. The van der Waals surface area contributed by atoms with Crippen molar-refractivity contribution >= 4 is 17.7 Å². The van der Waals surface area contributed by atoms with Gasteiger partial charge in [0.25, 0.3) is 5.91 Å². The van der Waals surface area contributed by atoms with Crippen LogP contribution in [0, 0.1) is 0 Å². The lowest BCUT2D eigenvalue weighted by molar-refractivity contribution is 0.0946. The van der Waals surface area contributed by atoms with Gasteiger partial charge in [0.15, 0.2) is 0 Å². The van der Waals surface area contributed by atoms with E-state index < -0.39 is 0 Å². The van der Waals surface area contributed by atoms with Gasteiger partial charge in [-0.15, -0.1) is 11.8 Å². The first-order chi connectivity index (χ1) is 11.2. The number of piperidine rings is 1. The minimum atomic E-state index is -0.0544. The molecule has 2 rings (SSSR count). The molecule has 0 aromatic heterocycles. The molecule has 1 N–H and O–H groups in total. The SMILES string of the molecule is COc1cc(SC)ccc1C(=O)NCCCN1CCCC[C@H]1C. The minimum absolute atomic E-state index is 0.0544. The van der Waals surface area contributed by atoms with Crippen molar-refractivity contribution < 1.29 is 9.53 Å². The van der Waals surface area contributed by atoms with Crippen molar-refractivity contribution in [3.8, 4) is 5.75 Å². The summed E-state index contributed by atoms with van der Waals surface area (Å²) in [6.07, 6.45) is 6.94. The smallest absolute Gasteiger partial charge is 0.255 e. The van der Waals surface area contributed by atoms with Crippen LogP contribution in [0.1, 0.15) is 43.0 Å². The molecule has 4 nitrogen and oxygen atoms in total. The molecule has 23 heavy (non-hydrogen) atoms. The van der Waals surface area contributed by atoms with Crippen LogP contribution >= 0.6 is 11.8 Å². The number of methoxy groups -OCH3 is 1. The Kier molecular flexibility index (Phi) is 7.24. The number of carbonyl (C=O) groups excluding carboxylic acids is 1. The average molecular weight is 337 g/mol. The summed E-state index contributed by atoms with van der Waals surface area (Å²) < 4.78 is 5.34. The van der Waals surface area contributed by atoms with Gasteiger partial charge in [0.05, 0.1) is 12.7 Å². The number of amides is 1. The zero-order valence-electron chi connectivity index (χ0n) is 14.4. The van der Waals surface area contributed by atoms with E-state index >= 15 is 0 Å². The summed E-state index contributed by atoms with van der Waals surface area (Å²) in [6.45, 7) is 5.26. The van der Waals surface area contributed by atoms with Crippen molar-refractivity contribution in [1.29, 1.82) is 0 Å². The molecule has 1 amide bonds. The number of hydrogen-bond acceptors (Lipinski definition) is 4. The molecule has 1 saturated heterocycles. The molecule has 5 heteroatoms. The molecule has 1 aliphatic heterocycles. The summed E-state index contributed by atoms with van der Waals surface area (Å²) in [6, 6.07) is 6.39. The van der Waals surface area contributed by atoms with Gasteiger partial charge in [-0.1, -0.05) is 6.42 Å². The zero-order chi connectivity index (χ0) is 16.7. The van der Waals surface area contributed by atoms with Crippen molar-refractivity contribution in [3.63, 3.8) is 0 Å². The Balaban J connectivity index is 1.80. The summed E-state index contributed by atoms with van der Waals surface area (Å²) in [4.78, 5) is 16.0. The molecule has 0 bridgehead atoms. The molecule has 0 radical (unpaired) electrons. The van der Waals surface area contributed by atoms with Crippen molar-refractivity contribution in [2.45, 2.75) is 43.5 Å². The Hall–Kier alpha value is -1.20. The Labute approximate surface area is 144 Å². The van der Waals surface area contributed by atoms with Gasteiger partial charge in [0.2, 0.25) is 0 Å². The van der Waals surface area contributed by atoms with E-state index in [0.717, 1.165) is 17.9 Å². The maximum absolute atomic E-state index is 12.3. The van der Waals surface area contributed by atoms with E-state index in [1.807, 2.05) is 24.5 Å². The van der Waals surface area contributed by atoms with E-state index in [0.29, 0.717) is 23.9 Å². The molecule has 1 aliphatic rings. The van der Waals surface area contributed by atoms with Gasteiger partial charge in [0, 0.05) is 24.0 Å². The third-order valence-corrected chi connectivity index (χ3v) is 5.23. The van der Waals surface area contributed by atoms with Crippen molar-refractivity contribution in [2.24, 2.45) is 0 Å². The predicted molar refractivity (Wildman–Crippen MR) is 96.6 cm³/mol. The Bertz CT molecular complexity index is 522. The van der Waals surface area contributed by atoms with E-state index in [2.05, 4.69) is 17.1 Å². The van der Waals surface area contributed by atoms with Gasteiger partial charge >= 0.3 is 0 Å². The van der Waals surface area contributed by atoms with Gasteiger partial charge in [-0.3, -0.25) is 4.79 Å². The van der Waals surface area contributed by atoms with Gasteiger partial charge in [0.1, 0.15) is 5.75 Å². The highest BCUT2D eigenvalue weighted by Crippen LogP contribution is 2.25. The van der Waals surface area contributed by atoms with Gasteiger partial charge in [-0.25, -0.2) is 0 Å². The third-order valence-electron chi connectivity index (χ3n) is 4.50. The fourth-order valence-electron chi connectivity index (χ4n) is 3.06. The number of rotatable bonds is 7. The molecule has 128 valence electrons.